The third-order valence-electron chi connectivity index (χ3n) is 4.03. The molecule has 0 fully saturated rings. The van der Waals surface area contributed by atoms with E-state index in [1.165, 1.54) is 11.1 Å². The lowest BCUT2D eigenvalue weighted by Gasteiger charge is -2.07. The van der Waals surface area contributed by atoms with Gasteiger partial charge in [0, 0.05) is 18.4 Å². The summed E-state index contributed by atoms with van der Waals surface area (Å²) in [7, 11) is 2.00. The smallest absolute Gasteiger partial charge is 0.191 e. The second kappa shape index (κ2) is 8.21. The predicted octanol–water partition coefficient (Wildman–Crippen LogP) is 4.52. The molecule has 3 aromatic rings. The molecule has 0 aliphatic rings. The molecule has 0 atom stereocenters. The lowest BCUT2D eigenvalue weighted by molar-refractivity contribution is 0.343. The number of thioether (sulfide) groups is 1. The van der Waals surface area contributed by atoms with Gasteiger partial charge in [-0.15, -0.1) is 10.2 Å². The van der Waals surface area contributed by atoms with Crippen LogP contribution in [0, 0.1) is 6.92 Å². The summed E-state index contributed by atoms with van der Waals surface area (Å²) in [4.78, 5) is 0. The van der Waals surface area contributed by atoms with Crippen molar-refractivity contribution in [3.63, 3.8) is 0 Å². The van der Waals surface area contributed by atoms with Gasteiger partial charge in [-0.1, -0.05) is 60.6 Å². The quantitative estimate of drug-likeness (QED) is 0.462. The summed E-state index contributed by atoms with van der Waals surface area (Å²) in [6.07, 6.45) is 1.02. The highest BCUT2D eigenvalue weighted by Gasteiger charge is 2.11. The van der Waals surface area contributed by atoms with Gasteiger partial charge in [-0.3, -0.25) is 0 Å². The van der Waals surface area contributed by atoms with Crippen molar-refractivity contribution in [2.45, 2.75) is 25.4 Å². The minimum absolute atomic E-state index is 0.643. The first kappa shape index (κ1) is 17.5. The fourth-order valence-electron chi connectivity index (χ4n) is 2.54. The number of hydrogen-bond acceptors (Lipinski definition) is 4. The van der Waals surface area contributed by atoms with Crippen molar-refractivity contribution >= 4 is 11.8 Å². The normalized spacial score (nSPS) is 10.8. The number of nitrogens with zero attached hydrogens (tertiary/aromatic N) is 3. The fraction of sp³-hybridized carbons (Fsp3) is 0.300. The van der Waals surface area contributed by atoms with Crippen LogP contribution in [0.25, 0.3) is 11.4 Å². The van der Waals surface area contributed by atoms with Gasteiger partial charge in [-0.05, 0) is 31.0 Å². The molecule has 4 nitrogen and oxygen atoms in total. The molecule has 0 saturated carbocycles. The summed E-state index contributed by atoms with van der Waals surface area (Å²) in [6, 6.07) is 16.6. The Bertz CT molecular complexity index is 827. The van der Waals surface area contributed by atoms with Gasteiger partial charge in [0.2, 0.25) is 0 Å². The van der Waals surface area contributed by atoms with E-state index in [-0.39, 0.29) is 0 Å². The Morgan fingerprint density at radius 3 is 2.64 bits per heavy atom. The number of rotatable bonds is 7. The predicted molar refractivity (Wildman–Crippen MR) is 103 cm³/mol. The van der Waals surface area contributed by atoms with E-state index in [0.717, 1.165) is 34.5 Å². The van der Waals surface area contributed by atoms with Crippen LogP contribution in [0.15, 0.2) is 53.7 Å². The topological polar surface area (TPSA) is 39.9 Å². The van der Waals surface area contributed by atoms with E-state index >= 15 is 0 Å². The first-order valence-electron chi connectivity index (χ1n) is 8.48. The molecule has 25 heavy (non-hydrogen) atoms. The van der Waals surface area contributed by atoms with Gasteiger partial charge in [0.1, 0.15) is 5.75 Å². The molecule has 3 rings (SSSR count). The van der Waals surface area contributed by atoms with Crippen LogP contribution in [0.2, 0.25) is 0 Å². The third-order valence-corrected chi connectivity index (χ3v) is 5.02. The maximum atomic E-state index is 5.84. The van der Waals surface area contributed by atoms with E-state index in [1.54, 1.807) is 11.8 Å². The average Bonchev–Trinajstić information content (AvgIpc) is 3.00. The second-order valence-electron chi connectivity index (χ2n) is 5.93. The summed E-state index contributed by atoms with van der Waals surface area (Å²) >= 11 is 1.66. The molecule has 0 saturated heterocycles. The Hall–Kier alpha value is -2.27. The molecule has 0 N–H and O–H groups in total. The van der Waals surface area contributed by atoms with Crippen molar-refractivity contribution in [3.8, 4) is 17.1 Å². The first-order chi connectivity index (χ1) is 12.2. The molecule has 0 spiro atoms. The summed E-state index contributed by atoms with van der Waals surface area (Å²) < 4.78 is 7.87. The van der Waals surface area contributed by atoms with Gasteiger partial charge in [-0.2, -0.15) is 0 Å². The zero-order valence-corrected chi connectivity index (χ0v) is 15.7. The van der Waals surface area contributed by atoms with Gasteiger partial charge in [-0.25, -0.2) is 0 Å². The van der Waals surface area contributed by atoms with Crippen molar-refractivity contribution in [1.29, 1.82) is 0 Å². The highest BCUT2D eigenvalue weighted by molar-refractivity contribution is 7.99. The maximum absolute atomic E-state index is 5.84. The van der Waals surface area contributed by atoms with Crippen LogP contribution in [0.1, 0.15) is 18.1 Å². The van der Waals surface area contributed by atoms with Crippen LogP contribution in [-0.2, 0) is 13.5 Å². The Morgan fingerprint density at radius 2 is 1.88 bits per heavy atom. The van der Waals surface area contributed by atoms with Gasteiger partial charge < -0.3 is 9.30 Å². The van der Waals surface area contributed by atoms with Crippen molar-refractivity contribution in [1.82, 2.24) is 14.8 Å². The highest BCUT2D eigenvalue weighted by Crippen LogP contribution is 2.23. The first-order valence-corrected chi connectivity index (χ1v) is 9.47. The van der Waals surface area contributed by atoms with Gasteiger partial charge >= 0.3 is 0 Å². The molecule has 0 amide bonds. The average molecular weight is 353 g/mol. The minimum Gasteiger partial charge on any atom is -0.493 e. The number of ether oxygens (including phenoxy) is 1. The molecule has 1 heterocycles. The minimum atomic E-state index is 0.643. The van der Waals surface area contributed by atoms with E-state index in [9.17, 15) is 0 Å². The SMILES string of the molecule is CCc1cccc(OCCSc2nnc(-c3ccc(C)cc3)n2C)c1. The van der Waals surface area contributed by atoms with Crippen LogP contribution in [0.4, 0.5) is 0 Å². The standard InChI is InChI=1S/C20H23N3OS/c1-4-16-6-5-7-18(14-16)24-12-13-25-20-22-21-19(23(20)3)17-10-8-15(2)9-11-17/h5-11,14H,4,12-13H2,1-3H3. The van der Waals surface area contributed by atoms with Crippen LogP contribution >= 0.6 is 11.8 Å². The molecule has 0 aliphatic heterocycles. The number of aryl methyl sites for hydroxylation is 2. The lowest BCUT2D eigenvalue weighted by atomic mass is 10.1. The Morgan fingerprint density at radius 1 is 1.08 bits per heavy atom. The molecule has 5 heteroatoms. The number of aromatic nitrogens is 3. The molecule has 130 valence electrons. The van der Waals surface area contributed by atoms with E-state index < -0.39 is 0 Å². The largest absolute Gasteiger partial charge is 0.493 e. The van der Waals surface area contributed by atoms with Crippen LogP contribution in [-0.4, -0.2) is 27.1 Å². The van der Waals surface area contributed by atoms with Gasteiger partial charge in [0.15, 0.2) is 11.0 Å². The summed E-state index contributed by atoms with van der Waals surface area (Å²) in [6.45, 7) is 4.87. The lowest BCUT2D eigenvalue weighted by Crippen LogP contribution is -2.02. The Balaban J connectivity index is 1.56. The van der Waals surface area contributed by atoms with Gasteiger partial charge in [0.05, 0.1) is 6.61 Å². The maximum Gasteiger partial charge on any atom is 0.191 e. The van der Waals surface area contributed by atoms with Crippen molar-refractivity contribution in [3.05, 3.63) is 59.7 Å². The monoisotopic (exact) mass is 353 g/mol. The number of hydrogen-bond donors (Lipinski definition) is 0. The Labute approximate surface area is 153 Å². The van der Waals surface area contributed by atoms with E-state index in [0.29, 0.717) is 6.61 Å². The molecule has 0 bridgehead atoms. The van der Waals surface area contributed by atoms with Gasteiger partial charge in [0.25, 0.3) is 0 Å². The highest BCUT2D eigenvalue weighted by atomic mass is 32.2. The van der Waals surface area contributed by atoms with Crippen molar-refractivity contribution in [2.24, 2.45) is 7.05 Å². The second-order valence-corrected chi connectivity index (χ2v) is 6.99. The van der Waals surface area contributed by atoms with Crippen molar-refractivity contribution in [2.75, 3.05) is 12.4 Å². The van der Waals surface area contributed by atoms with Crippen molar-refractivity contribution < 1.29 is 4.74 Å². The van der Waals surface area contributed by atoms with E-state index in [1.807, 2.05) is 23.7 Å². The molecule has 0 unspecified atom stereocenters. The Kier molecular flexibility index (Phi) is 5.76. The summed E-state index contributed by atoms with van der Waals surface area (Å²) in [5, 5.41) is 9.54. The fourth-order valence-corrected chi connectivity index (χ4v) is 3.27. The van der Waals surface area contributed by atoms with E-state index in [4.69, 9.17) is 4.74 Å². The molecule has 1 aromatic heterocycles. The third kappa shape index (κ3) is 4.42. The van der Waals surface area contributed by atoms with Crippen LogP contribution in [0.3, 0.4) is 0 Å². The van der Waals surface area contributed by atoms with Crippen LogP contribution < -0.4 is 4.74 Å². The van der Waals surface area contributed by atoms with Crippen LogP contribution in [0.5, 0.6) is 5.75 Å². The zero-order valence-electron chi connectivity index (χ0n) is 14.9. The summed E-state index contributed by atoms with van der Waals surface area (Å²) in [5.41, 5.74) is 3.62. The number of benzene rings is 2. The van der Waals surface area contributed by atoms with E-state index in [2.05, 4.69) is 60.4 Å². The molecular weight excluding hydrogens is 330 g/mol. The molecule has 2 aromatic carbocycles. The molecule has 0 radical (unpaired) electrons. The molecule has 0 aliphatic carbocycles. The molecular formula is C20H23N3OS. The summed E-state index contributed by atoms with van der Waals surface area (Å²) in [5.74, 6) is 2.65. The zero-order chi connectivity index (χ0) is 17.6.